The highest BCUT2D eigenvalue weighted by molar-refractivity contribution is 5.77. The van der Waals surface area contributed by atoms with Gasteiger partial charge >= 0.3 is 0 Å². The molecule has 1 aliphatic carbocycles. The van der Waals surface area contributed by atoms with Crippen LogP contribution in [0.1, 0.15) is 37.9 Å². The maximum absolute atomic E-state index is 12.1. The van der Waals surface area contributed by atoms with Crippen LogP contribution in [0.2, 0.25) is 0 Å². The Morgan fingerprint density at radius 3 is 2.70 bits per heavy atom. The Morgan fingerprint density at radius 2 is 1.96 bits per heavy atom. The third kappa shape index (κ3) is 3.46. The van der Waals surface area contributed by atoms with E-state index in [2.05, 4.69) is 34.3 Å². The minimum atomic E-state index is -0.0626. The molecule has 5 heteroatoms. The summed E-state index contributed by atoms with van der Waals surface area (Å²) < 4.78 is 0. The second-order valence-corrected chi connectivity index (χ2v) is 6.81. The Balaban J connectivity index is 1.69. The van der Waals surface area contributed by atoms with Crippen molar-refractivity contribution in [1.82, 2.24) is 20.2 Å². The molecule has 1 fully saturated rings. The van der Waals surface area contributed by atoms with Crippen molar-refractivity contribution >= 4 is 10.9 Å². The van der Waals surface area contributed by atoms with Crippen molar-refractivity contribution in [3.05, 3.63) is 40.4 Å². The van der Waals surface area contributed by atoms with Gasteiger partial charge in [-0.3, -0.25) is 4.79 Å². The number of fused-ring (bicyclic) bond motifs is 1. The standard InChI is InChI=1S/C18H26N4O/c1-22(2)18(10-6-3-7-11-18)13-19-12-16-20-15-9-5-4-8-14(15)17(23)21-16/h4-5,8-9,19H,3,6-7,10-13H2,1-2H3,(H,20,21,23). The molecule has 0 bridgehead atoms. The fourth-order valence-corrected chi connectivity index (χ4v) is 3.62. The van der Waals surface area contributed by atoms with Crippen LogP contribution < -0.4 is 10.9 Å². The number of rotatable bonds is 5. The topological polar surface area (TPSA) is 61.0 Å². The van der Waals surface area contributed by atoms with Gasteiger partial charge in [0, 0.05) is 12.1 Å². The van der Waals surface area contributed by atoms with Crippen molar-refractivity contribution in [2.75, 3.05) is 20.6 Å². The number of benzene rings is 1. The Morgan fingerprint density at radius 1 is 1.22 bits per heavy atom. The Bertz CT molecular complexity index is 716. The zero-order valence-corrected chi connectivity index (χ0v) is 14.1. The molecule has 0 saturated heterocycles. The molecule has 23 heavy (non-hydrogen) atoms. The van der Waals surface area contributed by atoms with Gasteiger partial charge in [0.2, 0.25) is 0 Å². The molecule has 1 heterocycles. The van der Waals surface area contributed by atoms with E-state index in [4.69, 9.17) is 0 Å². The van der Waals surface area contributed by atoms with E-state index in [1.807, 2.05) is 18.2 Å². The highest BCUT2D eigenvalue weighted by atomic mass is 16.1. The van der Waals surface area contributed by atoms with Gasteiger partial charge in [-0.1, -0.05) is 31.4 Å². The molecule has 1 aliphatic rings. The first-order valence-corrected chi connectivity index (χ1v) is 8.47. The number of aromatic nitrogens is 2. The van der Waals surface area contributed by atoms with E-state index < -0.39 is 0 Å². The number of nitrogens with zero attached hydrogens (tertiary/aromatic N) is 2. The van der Waals surface area contributed by atoms with Crippen molar-refractivity contribution in [3.8, 4) is 0 Å². The van der Waals surface area contributed by atoms with E-state index in [1.165, 1.54) is 32.1 Å². The van der Waals surface area contributed by atoms with Gasteiger partial charge in [0.25, 0.3) is 5.56 Å². The summed E-state index contributed by atoms with van der Waals surface area (Å²) in [6.45, 7) is 1.52. The number of nitrogens with one attached hydrogen (secondary N) is 2. The van der Waals surface area contributed by atoms with Crippen LogP contribution >= 0.6 is 0 Å². The van der Waals surface area contributed by atoms with Crippen molar-refractivity contribution in [2.24, 2.45) is 0 Å². The zero-order valence-electron chi connectivity index (χ0n) is 14.1. The monoisotopic (exact) mass is 314 g/mol. The Labute approximate surface area is 137 Å². The molecule has 2 N–H and O–H groups in total. The quantitative estimate of drug-likeness (QED) is 0.889. The maximum atomic E-state index is 12.1. The van der Waals surface area contributed by atoms with Gasteiger partial charge in [-0.25, -0.2) is 4.98 Å². The van der Waals surface area contributed by atoms with Crippen LogP contribution in [0.15, 0.2) is 29.1 Å². The first kappa shape index (κ1) is 16.1. The minimum absolute atomic E-state index is 0.0626. The number of hydrogen-bond donors (Lipinski definition) is 2. The van der Waals surface area contributed by atoms with Gasteiger partial charge in [-0.15, -0.1) is 0 Å². The lowest BCUT2D eigenvalue weighted by Gasteiger charge is -2.43. The second-order valence-electron chi connectivity index (χ2n) is 6.81. The summed E-state index contributed by atoms with van der Waals surface area (Å²) in [4.78, 5) is 21.9. The third-order valence-corrected chi connectivity index (χ3v) is 5.14. The zero-order chi connectivity index (χ0) is 16.3. The van der Waals surface area contributed by atoms with Crippen LogP contribution in [-0.2, 0) is 6.54 Å². The van der Waals surface area contributed by atoms with Crippen LogP contribution in [0.25, 0.3) is 10.9 Å². The first-order valence-electron chi connectivity index (χ1n) is 8.47. The number of para-hydroxylation sites is 1. The van der Waals surface area contributed by atoms with Crippen LogP contribution in [0, 0.1) is 0 Å². The molecular weight excluding hydrogens is 288 g/mol. The van der Waals surface area contributed by atoms with Gasteiger partial charge < -0.3 is 15.2 Å². The normalized spacial score (nSPS) is 17.7. The highest BCUT2D eigenvalue weighted by Crippen LogP contribution is 2.31. The largest absolute Gasteiger partial charge is 0.309 e. The molecule has 3 rings (SSSR count). The SMILES string of the molecule is CN(C)C1(CNCc2nc3ccccc3c(=O)[nH]2)CCCCC1. The van der Waals surface area contributed by atoms with Crippen LogP contribution in [0.4, 0.5) is 0 Å². The number of aromatic amines is 1. The molecule has 5 nitrogen and oxygen atoms in total. The average Bonchev–Trinajstić information content (AvgIpc) is 2.56. The molecule has 0 atom stereocenters. The predicted molar refractivity (Wildman–Crippen MR) is 93.6 cm³/mol. The molecule has 2 aromatic rings. The lowest BCUT2D eigenvalue weighted by molar-refractivity contribution is 0.0982. The van der Waals surface area contributed by atoms with Crippen LogP contribution in [-0.4, -0.2) is 41.0 Å². The smallest absolute Gasteiger partial charge is 0.258 e. The van der Waals surface area contributed by atoms with Gasteiger partial charge in [0.1, 0.15) is 5.82 Å². The fourth-order valence-electron chi connectivity index (χ4n) is 3.62. The number of likely N-dealkylation sites (N-methyl/N-ethyl adjacent to an activating group) is 1. The molecule has 0 spiro atoms. The van der Waals surface area contributed by atoms with E-state index in [0.29, 0.717) is 17.8 Å². The molecule has 0 aliphatic heterocycles. The number of hydrogen-bond acceptors (Lipinski definition) is 4. The van der Waals surface area contributed by atoms with Gasteiger partial charge in [-0.2, -0.15) is 0 Å². The lowest BCUT2D eigenvalue weighted by Crippen LogP contribution is -2.52. The summed E-state index contributed by atoms with van der Waals surface area (Å²) in [6, 6.07) is 7.47. The summed E-state index contributed by atoms with van der Waals surface area (Å²) in [5.41, 5.74) is 0.926. The molecule has 1 aromatic heterocycles. The van der Waals surface area contributed by atoms with Gasteiger partial charge in [-0.05, 0) is 39.1 Å². The first-order chi connectivity index (χ1) is 11.1. The predicted octanol–water partition coefficient (Wildman–Crippen LogP) is 2.28. The summed E-state index contributed by atoms with van der Waals surface area (Å²) >= 11 is 0. The van der Waals surface area contributed by atoms with Gasteiger partial charge in [0.15, 0.2) is 0 Å². The van der Waals surface area contributed by atoms with E-state index >= 15 is 0 Å². The van der Waals surface area contributed by atoms with E-state index in [1.54, 1.807) is 6.07 Å². The maximum Gasteiger partial charge on any atom is 0.258 e. The summed E-state index contributed by atoms with van der Waals surface area (Å²) in [5, 5.41) is 4.16. The molecule has 1 aromatic carbocycles. The molecule has 0 radical (unpaired) electrons. The van der Waals surface area contributed by atoms with E-state index in [0.717, 1.165) is 12.1 Å². The van der Waals surface area contributed by atoms with Crippen molar-refractivity contribution in [3.63, 3.8) is 0 Å². The molecule has 124 valence electrons. The Kier molecular flexibility index (Phi) is 4.78. The van der Waals surface area contributed by atoms with Crippen LogP contribution in [0.5, 0.6) is 0 Å². The van der Waals surface area contributed by atoms with Crippen molar-refractivity contribution in [1.29, 1.82) is 0 Å². The molecular formula is C18H26N4O. The van der Waals surface area contributed by atoms with E-state index in [-0.39, 0.29) is 11.1 Å². The highest BCUT2D eigenvalue weighted by Gasteiger charge is 2.33. The van der Waals surface area contributed by atoms with Gasteiger partial charge in [0.05, 0.1) is 17.4 Å². The fraction of sp³-hybridized carbons (Fsp3) is 0.556. The lowest BCUT2D eigenvalue weighted by atomic mass is 9.80. The van der Waals surface area contributed by atoms with Crippen LogP contribution in [0.3, 0.4) is 0 Å². The minimum Gasteiger partial charge on any atom is -0.309 e. The molecule has 1 saturated carbocycles. The van der Waals surface area contributed by atoms with Crippen molar-refractivity contribution in [2.45, 2.75) is 44.2 Å². The third-order valence-electron chi connectivity index (χ3n) is 5.14. The molecule has 0 amide bonds. The number of H-pyrrole nitrogens is 1. The summed E-state index contributed by atoms with van der Waals surface area (Å²) in [6.07, 6.45) is 6.40. The molecule has 0 unspecified atom stereocenters. The second kappa shape index (κ2) is 6.81. The Hall–Kier alpha value is -1.72. The summed E-state index contributed by atoms with van der Waals surface area (Å²) in [5.74, 6) is 0.707. The average molecular weight is 314 g/mol. The van der Waals surface area contributed by atoms with Crippen molar-refractivity contribution < 1.29 is 0 Å². The summed E-state index contributed by atoms with van der Waals surface area (Å²) in [7, 11) is 4.34. The van der Waals surface area contributed by atoms with E-state index in [9.17, 15) is 4.79 Å².